The van der Waals surface area contributed by atoms with E-state index in [1.165, 1.54) is 0 Å². The molecule has 1 aromatic carbocycles. The van der Waals surface area contributed by atoms with Crippen molar-refractivity contribution >= 4 is 0 Å². The number of hydrogen-bond acceptors (Lipinski definition) is 2. The Kier molecular flexibility index (Phi) is 3.08. The van der Waals surface area contributed by atoms with Gasteiger partial charge in [0.15, 0.2) is 0 Å². The SMILES string of the molecule is CC(O)(c1ccccc1)C1CCCOC1. The summed E-state index contributed by atoms with van der Waals surface area (Å²) in [6.45, 7) is 3.39. The fourth-order valence-electron chi connectivity index (χ4n) is 2.20. The first kappa shape index (κ1) is 10.7. The highest BCUT2D eigenvalue weighted by Gasteiger charge is 2.34. The van der Waals surface area contributed by atoms with Gasteiger partial charge in [-0.2, -0.15) is 0 Å². The van der Waals surface area contributed by atoms with E-state index in [1.807, 2.05) is 37.3 Å². The first-order valence-corrected chi connectivity index (χ1v) is 5.57. The maximum Gasteiger partial charge on any atom is 0.0918 e. The Balaban J connectivity index is 2.18. The van der Waals surface area contributed by atoms with E-state index in [4.69, 9.17) is 4.74 Å². The largest absolute Gasteiger partial charge is 0.385 e. The van der Waals surface area contributed by atoms with Crippen LogP contribution >= 0.6 is 0 Å². The fourth-order valence-corrected chi connectivity index (χ4v) is 2.20. The summed E-state index contributed by atoms with van der Waals surface area (Å²) in [6.07, 6.45) is 2.09. The predicted molar refractivity (Wildman–Crippen MR) is 59.6 cm³/mol. The van der Waals surface area contributed by atoms with E-state index in [-0.39, 0.29) is 5.92 Å². The van der Waals surface area contributed by atoms with Crippen LogP contribution in [0.4, 0.5) is 0 Å². The number of ether oxygens (including phenoxy) is 1. The van der Waals surface area contributed by atoms with E-state index in [9.17, 15) is 5.11 Å². The molecule has 0 bridgehead atoms. The van der Waals surface area contributed by atoms with Gasteiger partial charge in [-0.15, -0.1) is 0 Å². The van der Waals surface area contributed by atoms with Crippen LogP contribution in [0.25, 0.3) is 0 Å². The minimum Gasteiger partial charge on any atom is -0.385 e. The first-order chi connectivity index (χ1) is 7.21. The highest BCUT2D eigenvalue weighted by atomic mass is 16.5. The first-order valence-electron chi connectivity index (χ1n) is 5.57. The van der Waals surface area contributed by atoms with Gasteiger partial charge in [-0.05, 0) is 25.3 Å². The summed E-state index contributed by atoms with van der Waals surface area (Å²) in [5.41, 5.74) is 0.224. The van der Waals surface area contributed by atoms with Crippen LogP contribution in [0.1, 0.15) is 25.3 Å². The summed E-state index contributed by atoms with van der Waals surface area (Å²) in [5.74, 6) is 0.216. The maximum absolute atomic E-state index is 10.5. The average Bonchev–Trinajstić information content (AvgIpc) is 2.31. The van der Waals surface area contributed by atoms with Crippen LogP contribution in [-0.4, -0.2) is 18.3 Å². The lowest BCUT2D eigenvalue weighted by molar-refractivity contribution is -0.0723. The quantitative estimate of drug-likeness (QED) is 0.804. The molecular weight excluding hydrogens is 188 g/mol. The monoisotopic (exact) mass is 206 g/mol. The zero-order valence-electron chi connectivity index (χ0n) is 9.15. The zero-order valence-corrected chi connectivity index (χ0v) is 9.15. The third kappa shape index (κ3) is 2.21. The molecule has 0 aromatic heterocycles. The van der Waals surface area contributed by atoms with Gasteiger partial charge in [-0.3, -0.25) is 0 Å². The molecule has 0 aliphatic carbocycles. The van der Waals surface area contributed by atoms with Gasteiger partial charge in [-0.1, -0.05) is 30.3 Å². The molecule has 1 aliphatic rings. The maximum atomic E-state index is 10.5. The van der Waals surface area contributed by atoms with Crippen LogP contribution in [0.2, 0.25) is 0 Å². The Bertz CT molecular complexity index is 300. The smallest absolute Gasteiger partial charge is 0.0918 e. The summed E-state index contributed by atoms with van der Waals surface area (Å²) >= 11 is 0. The molecular formula is C13H18O2. The van der Waals surface area contributed by atoms with Gasteiger partial charge in [0.25, 0.3) is 0 Å². The van der Waals surface area contributed by atoms with Crippen LogP contribution in [0.3, 0.4) is 0 Å². The van der Waals surface area contributed by atoms with Crippen molar-refractivity contribution < 1.29 is 9.84 Å². The molecule has 1 aliphatic heterocycles. The van der Waals surface area contributed by atoms with Crippen LogP contribution in [0.15, 0.2) is 30.3 Å². The lowest BCUT2D eigenvalue weighted by Crippen LogP contribution is -2.37. The molecule has 1 fully saturated rings. The third-order valence-electron chi connectivity index (χ3n) is 3.31. The molecule has 2 nitrogen and oxygen atoms in total. The number of benzene rings is 1. The summed E-state index contributed by atoms with van der Waals surface area (Å²) in [4.78, 5) is 0. The molecule has 82 valence electrons. The molecule has 1 N–H and O–H groups in total. The second kappa shape index (κ2) is 4.33. The Morgan fingerprint density at radius 2 is 2.07 bits per heavy atom. The van der Waals surface area contributed by atoms with Crippen LogP contribution in [0, 0.1) is 5.92 Å². The van der Waals surface area contributed by atoms with Gasteiger partial charge < -0.3 is 9.84 Å². The molecule has 0 radical (unpaired) electrons. The minimum atomic E-state index is -0.762. The van der Waals surface area contributed by atoms with Gasteiger partial charge in [0.1, 0.15) is 0 Å². The van der Waals surface area contributed by atoms with Crippen molar-refractivity contribution in [2.24, 2.45) is 5.92 Å². The van der Waals surface area contributed by atoms with Gasteiger partial charge in [0.2, 0.25) is 0 Å². The molecule has 1 heterocycles. The van der Waals surface area contributed by atoms with E-state index in [2.05, 4.69) is 0 Å². The number of hydrogen-bond donors (Lipinski definition) is 1. The normalized spacial score (nSPS) is 25.9. The highest BCUT2D eigenvalue weighted by Crippen LogP contribution is 2.34. The van der Waals surface area contributed by atoms with E-state index in [0.29, 0.717) is 6.61 Å². The van der Waals surface area contributed by atoms with E-state index >= 15 is 0 Å². The lowest BCUT2D eigenvalue weighted by atomic mass is 9.80. The summed E-state index contributed by atoms with van der Waals surface area (Å²) in [5, 5.41) is 10.5. The van der Waals surface area contributed by atoms with Crippen molar-refractivity contribution in [2.75, 3.05) is 13.2 Å². The van der Waals surface area contributed by atoms with Gasteiger partial charge in [0.05, 0.1) is 12.2 Å². The van der Waals surface area contributed by atoms with Gasteiger partial charge in [-0.25, -0.2) is 0 Å². The molecule has 2 atom stereocenters. The van der Waals surface area contributed by atoms with Crippen LogP contribution < -0.4 is 0 Å². The molecule has 2 rings (SSSR count). The van der Waals surface area contributed by atoms with Crippen molar-refractivity contribution in [2.45, 2.75) is 25.4 Å². The van der Waals surface area contributed by atoms with Crippen molar-refractivity contribution in [1.82, 2.24) is 0 Å². The summed E-state index contributed by atoms with van der Waals surface area (Å²) in [7, 11) is 0. The van der Waals surface area contributed by atoms with Crippen LogP contribution in [-0.2, 0) is 10.3 Å². The Labute approximate surface area is 90.9 Å². The molecule has 2 unspecified atom stereocenters. The second-order valence-electron chi connectivity index (χ2n) is 4.43. The molecule has 15 heavy (non-hydrogen) atoms. The standard InChI is InChI=1S/C13H18O2/c1-13(14,11-6-3-2-4-7-11)12-8-5-9-15-10-12/h2-4,6-7,12,14H,5,8-10H2,1H3. The highest BCUT2D eigenvalue weighted by molar-refractivity contribution is 5.22. The van der Waals surface area contributed by atoms with Crippen LogP contribution in [0.5, 0.6) is 0 Å². The predicted octanol–water partition coefficient (Wildman–Crippen LogP) is 2.32. The van der Waals surface area contributed by atoms with Gasteiger partial charge >= 0.3 is 0 Å². The van der Waals surface area contributed by atoms with Crippen molar-refractivity contribution in [1.29, 1.82) is 0 Å². The minimum absolute atomic E-state index is 0.216. The zero-order chi connectivity index (χ0) is 10.7. The van der Waals surface area contributed by atoms with Crippen molar-refractivity contribution in [3.8, 4) is 0 Å². The van der Waals surface area contributed by atoms with Gasteiger partial charge in [0, 0.05) is 12.5 Å². The molecule has 0 spiro atoms. The lowest BCUT2D eigenvalue weighted by Gasteiger charge is -2.35. The Morgan fingerprint density at radius 3 is 2.67 bits per heavy atom. The Morgan fingerprint density at radius 1 is 1.33 bits per heavy atom. The van der Waals surface area contributed by atoms with Crippen molar-refractivity contribution in [3.63, 3.8) is 0 Å². The number of rotatable bonds is 2. The molecule has 0 amide bonds. The summed E-state index contributed by atoms with van der Waals surface area (Å²) in [6, 6.07) is 9.86. The fraction of sp³-hybridized carbons (Fsp3) is 0.538. The number of aliphatic hydroxyl groups is 1. The molecule has 1 aromatic rings. The van der Waals surface area contributed by atoms with E-state index in [0.717, 1.165) is 25.0 Å². The summed E-state index contributed by atoms with van der Waals surface area (Å²) < 4.78 is 5.43. The molecule has 1 saturated heterocycles. The average molecular weight is 206 g/mol. The molecule has 0 saturated carbocycles. The second-order valence-corrected chi connectivity index (χ2v) is 4.43. The topological polar surface area (TPSA) is 29.5 Å². The van der Waals surface area contributed by atoms with E-state index < -0.39 is 5.60 Å². The van der Waals surface area contributed by atoms with E-state index in [1.54, 1.807) is 0 Å². The Hall–Kier alpha value is -0.860. The third-order valence-corrected chi connectivity index (χ3v) is 3.31. The van der Waals surface area contributed by atoms with Crippen molar-refractivity contribution in [3.05, 3.63) is 35.9 Å². The molecule has 2 heteroatoms.